The second kappa shape index (κ2) is 6.50. The van der Waals surface area contributed by atoms with Gasteiger partial charge in [-0.3, -0.25) is 9.59 Å². The zero-order chi connectivity index (χ0) is 17.1. The first-order chi connectivity index (χ1) is 11.5. The third-order valence-corrected chi connectivity index (χ3v) is 3.63. The van der Waals surface area contributed by atoms with Gasteiger partial charge in [0.1, 0.15) is 5.69 Å². The summed E-state index contributed by atoms with van der Waals surface area (Å²) in [6, 6.07) is 16.1. The first-order valence-electron chi connectivity index (χ1n) is 7.49. The number of ketones is 1. The van der Waals surface area contributed by atoms with Gasteiger partial charge < -0.3 is 9.84 Å². The molecule has 0 aliphatic heterocycles. The number of nitrogens with zero attached hydrogens (tertiary/aromatic N) is 1. The fraction of sp³-hybridized carbons (Fsp3) is 0.105. The van der Waals surface area contributed by atoms with E-state index >= 15 is 0 Å². The Bertz CT molecular complexity index is 878. The highest BCUT2D eigenvalue weighted by Crippen LogP contribution is 2.20. The second-order valence-corrected chi connectivity index (χ2v) is 5.53. The Balaban J connectivity index is 1.73. The molecule has 0 aliphatic rings. The van der Waals surface area contributed by atoms with Gasteiger partial charge >= 0.3 is 0 Å². The number of hydrogen-bond acceptors (Lipinski definition) is 4. The van der Waals surface area contributed by atoms with Crippen molar-refractivity contribution in [2.24, 2.45) is 0 Å². The van der Waals surface area contributed by atoms with Crippen LogP contribution in [0.25, 0.3) is 11.3 Å². The van der Waals surface area contributed by atoms with E-state index in [4.69, 9.17) is 4.52 Å². The quantitative estimate of drug-likeness (QED) is 0.734. The number of amides is 1. The highest BCUT2D eigenvalue weighted by atomic mass is 16.5. The molecule has 0 spiro atoms. The van der Waals surface area contributed by atoms with Crippen LogP contribution in [0.15, 0.2) is 59.1 Å². The molecule has 1 heterocycles. The molecule has 3 rings (SSSR count). The van der Waals surface area contributed by atoms with E-state index in [-0.39, 0.29) is 11.5 Å². The molecule has 3 aromatic rings. The predicted molar refractivity (Wildman–Crippen MR) is 91.1 cm³/mol. The van der Waals surface area contributed by atoms with Crippen LogP contribution in [-0.2, 0) is 0 Å². The molecule has 0 fully saturated rings. The van der Waals surface area contributed by atoms with Crippen molar-refractivity contribution >= 4 is 17.4 Å². The van der Waals surface area contributed by atoms with Crippen molar-refractivity contribution in [3.05, 3.63) is 71.5 Å². The van der Waals surface area contributed by atoms with E-state index in [1.165, 1.54) is 6.92 Å². The molecule has 0 aliphatic carbocycles. The average molecular weight is 320 g/mol. The normalized spacial score (nSPS) is 10.4. The van der Waals surface area contributed by atoms with Crippen molar-refractivity contribution in [2.45, 2.75) is 13.8 Å². The number of carbonyl (C=O) groups is 2. The third-order valence-electron chi connectivity index (χ3n) is 3.63. The molecule has 5 nitrogen and oxygen atoms in total. The molecule has 1 aromatic heterocycles. The first kappa shape index (κ1) is 15.7. The van der Waals surface area contributed by atoms with Gasteiger partial charge in [-0.25, -0.2) is 0 Å². The Morgan fingerprint density at radius 3 is 2.29 bits per heavy atom. The van der Waals surface area contributed by atoms with Gasteiger partial charge in [0.15, 0.2) is 5.78 Å². The number of anilines is 1. The van der Waals surface area contributed by atoms with Crippen molar-refractivity contribution in [3.8, 4) is 11.3 Å². The number of benzene rings is 2. The van der Waals surface area contributed by atoms with Gasteiger partial charge in [-0.2, -0.15) is 0 Å². The van der Waals surface area contributed by atoms with Crippen molar-refractivity contribution in [1.29, 1.82) is 0 Å². The summed E-state index contributed by atoms with van der Waals surface area (Å²) in [5, 5.41) is 6.65. The van der Waals surface area contributed by atoms with E-state index in [1.54, 1.807) is 30.3 Å². The SMILES string of the molecule is CC(=O)c1ccc(NC(=O)c2cc(-c3ccc(C)cc3)no2)cc1. The lowest BCUT2D eigenvalue weighted by Crippen LogP contribution is -2.10. The Kier molecular flexibility index (Phi) is 4.24. The summed E-state index contributed by atoms with van der Waals surface area (Å²) in [5.41, 5.74) is 3.81. The summed E-state index contributed by atoms with van der Waals surface area (Å²) in [6.07, 6.45) is 0. The number of aromatic nitrogens is 1. The molecule has 1 N–H and O–H groups in total. The fourth-order valence-corrected chi connectivity index (χ4v) is 2.22. The average Bonchev–Trinajstić information content (AvgIpc) is 3.06. The molecule has 0 saturated carbocycles. The summed E-state index contributed by atoms with van der Waals surface area (Å²) >= 11 is 0. The zero-order valence-corrected chi connectivity index (χ0v) is 13.4. The largest absolute Gasteiger partial charge is 0.350 e. The van der Waals surface area contributed by atoms with Crippen LogP contribution < -0.4 is 5.32 Å². The minimum absolute atomic E-state index is 0.0224. The number of rotatable bonds is 4. The summed E-state index contributed by atoms with van der Waals surface area (Å²) in [5.74, 6) is -0.288. The lowest BCUT2D eigenvalue weighted by atomic mass is 10.1. The first-order valence-corrected chi connectivity index (χ1v) is 7.49. The van der Waals surface area contributed by atoms with Crippen molar-refractivity contribution in [1.82, 2.24) is 5.16 Å². The molecule has 0 radical (unpaired) electrons. The molecule has 1 amide bonds. The van der Waals surface area contributed by atoms with Gasteiger partial charge in [0.25, 0.3) is 5.91 Å². The van der Waals surface area contributed by atoms with E-state index in [0.717, 1.165) is 11.1 Å². The summed E-state index contributed by atoms with van der Waals surface area (Å²) in [4.78, 5) is 23.5. The van der Waals surface area contributed by atoms with Gasteiger partial charge in [-0.15, -0.1) is 0 Å². The summed E-state index contributed by atoms with van der Waals surface area (Å²) in [6.45, 7) is 3.50. The number of nitrogens with one attached hydrogen (secondary N) is 1. The van der Waals surface area contributed by atoms with Crippen LogP contribution >= 0.6 is 0 Å². The van der Waals surface area contributed by atoms with Gasteiger partial charge in [-0.1, -0.05) is 35.0 Å². The van der Waals surface area contributed by atoms with Crippen LogP contribution in [0.1, 0.15) is 33.4 Å². The van der Waals surface area contributed by atoms with Gasteiger partial charge in [-0.05, 0) is 38.1 Å². The molecule has 120 valence electrons. The lowest BCUT2D eigenvalue weighted by molar-refractivity contribution is 0.0986. The summed E-state index contributed by atoms with van der Waals surface area (Å²) < 4.78 is 5.13. The molecule has 5 heteroatoms. The monoisotopic (exact) mass is 320 g/mol. The van der Waals surface area contributed by atoms with Crippen molar-refractivity contribution in [2.75, 3.05) is 5.32 Å². The van der Waals surface area contributed by atoms with E-state index in [1.807, 2.05) is 31.2 Å². The Morgan fingerprint density at radius 1 is 1.00 bits per heavy atom. The second-order valence-electron chi connectivity index (χ2n) is 5.53. The molecule has 24 heavy (non-hydrogen) atoms. The maximum absolute atomic E-state index is 12.2. The van der Waals surface area contributed by atoms with Crippen LogP contribution in [-0.4, -0.2) is 16.8 Å². The number of Topliss-reactive ketones (excluding diaryl/α,β-unsaturated/α-hetero) is 1. The van der Waals surface area contributed by atoms with Crippen molar-refractivity contribution < 1.29 is 14.1 Å². The van der Waals surface area contributed by atoms with E-state index in [9.17, 15) is 9.59 Å². The Hall–Kier alpha value is -3.21. The lowest BCUT2D eigenvalue weighted by Gasteiger charge is -2.03. The molecule has 0 bridgehead atoms. The minimum Gasteiger partial charge on any atom is -0.350 e. The minimum atomic E-state index is -0.392. The maximum Gasteiger partial charge on any atom is 0.294 e. The number of hydrogen-bond donors (Lipinski definition) is 1. The Morgan fingerprint density at radius 2 is 1.67 bits per heavy atom. The predicted octanol–water partition coefficient (Wildman–Crippen LogP) is 4.10. The summed E-state index contributed by atoms with van der Waals surface area (Å²) in [7, 11) is 0. The highest BCUT2D eigenvalue weighted by Gasteiger charge is 2.14. The standard InChI is InChI=1S/C19H16N2O3/c1-12-3-5-15(6-4-12)17-11-18(24-21-17)19(23)20-16-9-7-14(8-10-16)13(2)22/h3-11H,1-2H3,(H,20,23). The fourth-order valence-electron chi connectivity index (χ4n) is 2.22. The molecular weight excluding hydrogens is 304 g/mol. The van der Waals surface area contributed by atoms with E-state index in [2.05, 4.69) is 10.5 Å². The van der Waals surface area contributed by atoms with Gasteiger partial charge in [0, 0.05) is 22.9 Å². The van der Waals surface area contributed by atoms with Gasteiger partial charge in [0.05, 0.1) is 0 Å². The van der Waals surface area contributed by atoms with Crippen LogP contribution in [0.2, 0.25) is 0 Å². The van der Waals surface area contributed by atoms with E-state index in [0.29, 0.717) is 16.9 Å². The molecule has 0 unspecified atom stereocenters. The van der Waals surface area contributed by atoms with Crippen LogP contribution in [0.5, 0.6) is 0 Å². The van der Waals surface area contributed by atoms with Crippen LogP contribution in [0.4, 0.5) is 5.69 Å². The molecule has 0 saturated heterocycles. The third kappa shape index (κ3) is 3.41. The van der Waals surface area contributed by atoms with Crippen molar-refractivity contribution in [3.63, 3.8) is 0 Å². The zero-order valence-electron chi connectivity index (χ0n) is 13.4. The number of aryl methyl sites for hydroxylation is 1. The van der Waals surface area contributed by atoms with E-state index < -0.39 is 5.91 Å². The van der Waals surface area contributed by atoms with Crippen LogP contribution in [0.3, 0.4) is 0 Å². The smallest absolute Gasteiger partial charge is 0.294 e. The molecular formula is C19H16N2O3. The maximum atomic E-state index is 12.2. The topological polar surface area (TPSA) is 72.2 Å². The Labute approximate surface area is 139 Å². The highest BCUT2D eigenvalue weighted by molar-refractivity contribution is 6.03. The molecule has 2 aromatic carbocycles. The van der Waals surface area contributed by atoms with Crippen LogP contribution in [0, 0.1) is 6.92 Å². The number of carbonyl (C=O) groups excluding carboxylic acids is 2. The molecule has 0 atom stereocenters. The van der Waals surface area contributed by atoms with Gasteiger partial charge in [0.2, 0.25) is 5.76 Å².